The van der Waals surface area contributed by atoms with Crippen LogP contribution in [0, 0.1) is 5.82 Å². The number of alkyl halides is 1. The van der Waals surface area contributed by atoms with Crippen LogP contribution in [0.25, 0.3) is 11.0 Å². The van der Waals surface area contributed by atoms with E-state index < -0.39 is 0 Å². The highest BCUT2D eigenvalue weighted by Crippen LogP contribution is 2.25. The monoisotopic (exact) mass is 254 g/mol. The minimum absolute atomic E-state index is 0.165. The molecule has 2 nitrogen and oxygen atoms in total. The van der Waals surface area contributed by atoms with Gasteiger partial charge in [0.15, 0.2) is 0 Å². The zero-order valence-corrected chi connectivity index (χ0v) is 10.8. The van der Waals surface area contributed by atoms with Crippen LogP contribution < -0.4 is 0 Å². The lowest BCUT2D eigenvalue weighted by Gasteiger charge is -2.09. The molecule has 0 saturated carbocycles. The van der Waals surface area contributed by atoms with E-state index in [0.29, 0.717) is 0 Å². The molecule has 0 bridgehead atoms. The van der Waals surface area contributed by atoms with Crippen molar-refractivity contribution in [1.82, 2.24) is 9.55 Å². The van der Waals surface area contributed by atoms with Crippen molar-refractivity contribution in [2.75, 3.05) is 0 Å². The largest absolute Gasteiger partial charge is 0.327 e. The first-order chi connectivity index (χ1) is 8.13. The van der Waals surface area contributed by atoms with Gasteiger partial charge in [0.25, 0.3) is 0 Å². The van der Waals surface area contributed by atoms with Crippen LogP contribution in [0.15, 0.2) is 18.2 Å². The smallest absolute Gasteiger partial charge is 0.127 e. The number of nitrogens with zero attached hydrogens (tertiary/aromatic N) is 2. The summed E-state index contributed by atoms with van der Waals surface area (Å²) in [6.07, 6.45) is 2.13. The van der Waals surface area contributed by atoms with E-state index in [2.05, 4.69) is 11.9 Å². The fourth-order valence-corrected chi connectivity index (χ4v) is 2.14. The molecule has 1 unspecified atom stereocenters. The Morgan fingerprint density at radius 2 is 2.24 bits per heavy atom. The molecule has 17 heavy (non-hydrogen) atoms. The van der Waals surface area contributed by atoms with Gasteiger partial charge in [-0.05, 0) is 31.5 Å². The van der Waals surface area contributed by atoms with Crippen LogP contribution in [0.2, 0.25) is 0 Å². The van der Waals surface area contributed by atoms with Crippen molar-refractivity contribution < 1.29 is 4.39 Å². The van der Waals surface area contributed by atoms with Crippen molar-refractivity contribution in [1.29, 1.82) is 0 Å². The van der Waals surface area contributed by atoms with Gasteiger partial charge >= 0.3 is 0 Å². The second kappa shape index (κ2) is 5.05. The average molecular weight is 255 g/mol. The van der Waals surface area contributed by atoms with Crippen LogP contribution in [0.3, 0.4) is 0 Å². The molecule has 1 aromatic heterocycles. The normalized spacial score (nSPS) is 13.2. The number of imidazole rings is 1. The van der Waals surface area contributed by atoms with E-state index in [0.717, 1.165) is 36.2 Å². The maximum Gasteiger partial charge on any atom is 0.127 e. The molecule has 0 spiro atoms. The Hall–Kier alpha value is -1.09. The van der Waals surface area contributed by atoms with Gasteiger partial charge in [-0.3, -0.25) is 0 Å². The second-order valence-corrected chi connectivity index (χ2v) is 4.88. The zero-order chi connectivity index (χ0) is 12.4. The maximum atomic E-state index is 13.3. The Bertz CT molecular complexity index is 519. The number of halogens is 2. The SMILES string of the molecule is CCCCn1c(C(C)Cl)nc2ccc(F)cc21. The van der Waals surface area contributed by atoms with Crippen LogP contribution in [0.4, 0.5) is 4.39 Å². The third kappa shape index (κ3) is 2.44. The van der Waals surface area contributed by atoms with Gasteiger partial charge in [-0.25, -0.2) is 9.37 Å². The molecule has 0 radical (unpaired) electrons. The Morgan fingerprint density at radius 3 is 2.88 bits per heavy atom. The third-order valence-electron chi connectivity index (χ3n) is 2.83. The van der Waals surface area contributed by atoms with Crippen molar-refractivity contribution in [3.63, 3.8) is 0 Å². The molecule has 0 fully saturated rings. The van der Waals surface area contributed by atoms with Crippen LogP contribution in [-0.4, -0.2) is 9.55 Å². The molecule has 0 saturated heterocycles. The number of rotatable bonds is 4. The lowest BCUT2D eigenvalue weighted by molar-refractivity contribution is 0.609. The summed E-state index contributed by atoms with van der Waals surface area (Å²) in [6, 6.07) is 4.67. The Kier molecular flexibility index (Phi) is 3.67. The van der Waals surface area contributed by atoms with E-state index in [1.165, 1.54) is 12.1 Å². The fourth-order valence-electron chi connectivity index (χ4n) is 1.97. The molecular weight excluding hydrogens is 239 g/mol. The average Bonchev–Trinajstić information content (AvgIpc) is 2.64. The summed E-state index contributed by atoms with van der Waals surface area (Å²) in [7, 11) is 0. The van der Waals surface area contributed by atoms with Gasteiger partial charge in [-0.1, -0.05) is 13.3 Å². The molecule has 0 amide bonds. The highest BCUT2D eigenvalue weighted by molar-refractivity contribution is 6.20. The number of hydrogen-bond acceptors (Lipinski definition) is 1. The lowest BCUT2D eigenvalue weighted by Crippen LogP contribution is -2.04. The molecule has 2 rings (SSSR count). The van der Waals surface area contributed by atoms with E-state index in [-0.39, 0.29) is 11.2 Å². The van der Waals surface area contributed by atoms with Crippen LogP contribution in [0.5, 0.6) is 0 Å². The molecule has 2 aromatic rings. The first kappa shape index (κ1) is 12.4. The molecule has 4 heteroatoms. The van der Waals surface area contributed by atoms with Crippen LogP contribution in [0.1, 0.15) is 37.9 Å². The van der Waals surface area contributed by atoms with Crippen molar-refractivity contribution in [2.24, 2.45) is 0 Å². The summed E-state index contributed by atoms with van der Waals surface area (Å²) in [6.45, 7) is 4.86. The van der Waals surface area contributed by atoms with E-state index in [4.69, 9.17) is 11.6 Å². The standard InChI is InChI=1S/C13H16ClFN2/c1-3-4-7-17-12-8-10(15)5-6-11(12)16-13(17)9(2)14/h5-6,8-9H,3-4,7H2,1-2H3. The quantitative estimate of drug-likeness (QED) is 0.745. The van der Waals surface area contributed by atoms with Gasteiger partial charge < -0.3 is 4.57 Å². The van der Waals surface area contributed by atoms with E-state index >= 15 is 0 Å². The zero-order valence-electron chi connectivity index (χ0n) is 10.1. The first-order valence-electron chi connectivity index (χ1n) is 5.93. The molecule has 0 aliphatic rings. The Labute approximate surface area is 105 Å². The summed E-state index contributed by atoms with van der Waals surface area (Å²) in [5.74, 6) is 0.588. The Morgan fingerprint density at radius 1 is 1.47 bits per heavy atom. The molecule has 92 valence electrons. The van der Waals surface area contributed by atoms with Crippen molar-refractivity contribution in [2.45, 2.75) is 38.6 Å². The number of fused-ring (bicyclic) bond motifs is 1. The summed E-state index contributed by atoms with van der Waals surface area (Å²) in [5, 5.41) is -0.165. The minimum atomic E-state index is -0.232. The predicted molar refractivity (Wildman–Crippen MR) is 68.9 cm³/mol. The molecule has 0 N–H and O–H groups in total. The van der Waals surface area contributed by atoms with Gasteiger partial charge in [0.05, 0.1) is 16.4 Å². The number of hydrogen-bond donors (Lipinski definition) is 0. The number of aryl methyl sites for hydroxylation is 1. The molecule has 1 atom stereocenters. The second-order valence-electron chi connectivity index (χ2n) is 4.22. The van der Waals surface area contributed by atoms with Gasteiger partial charge in [-0.15, -0.1) is 11.6 Å². The maximum absolute atomic E-state index is 13.3. The highest BCUT2D eigenvalue weighted by atomic mass is 35.5. The molecule has 1 aromatic carbocycles. The predicted octanol–water partition coefficient (Wildman–Crippen LogP) is 4.28. The summed E-state index contributed by atoms with van der Waals surface area (Å²) < 4.78 is 15.3. The van der Waals surface area contributed by atoms with E-state index in [1.54, 1.807) is 6.07 Å². The Balaban J connectivity index is 2.56. The lowest BCUT2D eigenvalue weighted by atomic mass is 10.3. The van der Waals surface area contributed by atoms with Crippen molar-refractivity contribution >= 4 is 22.6 Å². The van der Waals surface area contributed by atoms with Crippen molar-refractivity contribution in [3.8, 4) is 0 Å². The van der Waals surface area contributed by atoms with Gasteiger partial charge in [-0.2, -0.15) is 0 Å². The highest BCUT2D eigenvalue weighted by Gasteiger charge is 2.14. The van der Waals surface area contributed by atoms with Gasteiger partial charge in [0, 0.05) is 6.54 Å². The van der Waals surface area contributed by atoms with Gasteiger partial charge in [0.2, 0.25) is 0 Å². The molecule has 0 aliphatic heterocycles. The number of unbranched alkanes of at least 4 members (excludes halogenated alkanes) is 1. The number of aromatic nitrogens is 2. The summed E-state index contributed by atoms with van der Waals surface area (Å²) in [5.41, 5.74) is 1.64. The first-order valence-corrected chi connectivity index (χ1v) is 6.37. The van der Waals surface area contributed by atoms with E-state index in [9.17, 15) is 4.39 Å². The van der Waals surface area contributed by atoms with Crippen LogP contribution >= 0.6 is 11.6 Å². The topological polar surface area (TPSA) is 17.8 Å². The third-order valence-corrected chi connectivity index (χ3v) is 3.03. The number of benzene rings is 1. The molecule has 1 heterocycles. The molecule has 0 aliphatic carbocycles. The minimum Gasteiger partial charge on any atom is -0.327 e. The summed E-state index contributed by atoms with van der Waals surface area (Å²) in [4.78, 5) is 4.47. The van der Waals surface area contributed by atoms with Gasteiger partial charge in [0.1, 0.15) is 11.6 Å². The van der Waals surface area contributed by atoms with Crippen molar-refractivity contribution in [3.05, 3.63) is 29.8 Å². The summed E-state index contributed by atoms with van der Waals surface area (Å²) >= 11 is 6.12. The fraction of sp³-hybridized carbons (Fsp3) is 0.462. The van der Waals surface area contributed by atoms with E-state index in [1.807, 2.05) is 11.5 Å². The van der Waals surface area contributed by atoms with Crippen LogP contribution in [-0.2, 0) is 6.54 Å². The molecular formula is C13H16ClFN2.